The van der Waals surface area contributed by atoms with Crippen molar-refractivity contribution in [3.8, 4) is 0 Å². The second kappa shape index (κ2) is 10.6. The van der Waals surface area contributed by atoms with E-state index in [-0.39, 0.29) is 12.1 Å². The average Bonchev–Trinajstić information content (AvgIpc) is 2.66. The van der Waals surface area contributed by atoms with E-state index in [9.17, 15) is 9.59 Å². The topological polar surface area (TPSA) is 55.8 Å². The highest BCUT2D eigenvalue weighted by molar-refractivity contribution is 5.90. The van der Waals surface area contributed by atoms with Crippen molar-refractivity contribution in [3.05, 3.63) is 40.5 Å². The molecule has 0 saturated carbocycles. The second-order valence-electron chi connectivity index (χ2n) is 9.18. The minimum atomic E-state index is -0.461. The fourth-order valence-electron chi connectivity index (χ4n) is 3.58. The number of hydrogen-bond acceptors (Lipinski definition) is 4. The molecule has 0 atom stereocenters. The lowest BCUT2D eigenvalue weighted by atomic mass is 9.93. The highest BCUT2D eigenvalue weighted by atomic mass is 16.6. The number of hydrogen-bond donors (Lipinski definition) is 0. The fraction of sp³-hybridized carbons (Fsp3) is 0.600. The van der Waals surface area contributed by atoms with Gasteiger partial charge in [-0.1, -0.05) is 25.5 Å². The van der Waals surface area contributed by atoms with E-state index in [2.05, 4.69) is 19.1 Å². The van der Waals surface area contributed by atoms with Crippen LogP contribution in [-0.4, -0.2) is 42.3 Å². The third-order valence-corrected chi connectivity index (χ3v) is 5.29. The number of esters is 1. The van der Waals surface area contributed by atoms with Crippen LogP contribution in [0.1, 0.15) is 80.4 Å². The minimum absolute atomic E-state index is 0.224. The maximum absolute atomic E-state index is 12.2. The quantitative estimate of drug-likeness (QED) is 0.427. The number of ether oxygens (including phenoxy) is 2. The first-order chi connectivity index (χ1) is 14.1. The number of likely N-dealkylation sites (tertiary alicyclic amines) is 1. The molecular weight excluding hydrogens is 378 g/mol. The molecular formula is C25H37NO4. The maximum atomic E-state index is 12.2. The summed E-state index contributed by atoms with van der Waals surface area (Å²) >= 11 is 0. The van der Waals surface area contributed by atoms with Crippen LogP contribution in [0.4, 0.5) is 4.79 Å². The Morgan fingerprint density at radius 3 is 2.27 bits per heavy atom. The number of unbranched alkanes of at least 4 members (excludes halogenated alkanes) is 1. The zero-order valence-electron chi connectivity index (χ0n) is 19.4. The molecule has 1 aliphatic rings. The molecule has 0 unspecified atom stereocenters. The molecule has 2 rings (SSSR count). The summed E-state index contributed by atoms with van der Waals surface area (Å²) in [5.41, 5.74) is 3.44. The molecule has 0 aliphatic carbocycles. The van der Waals surface area contributed by atoms with Crippen LogP contribution in [-0.2, 0) is 9.47 Å². The van der Waals surface area contributed by atoms with Gasteiger partial charge in [-0.25, -0.2) is 9.59 Å². The predicted octanol–water partition coefficient (Wildman–Crippen LogP) is 5.92. The summed E-state index contributed by atoms with van der Waals surface area (Å²) in [6, 6.07) is 3.82. The zero-order chi connectivity index (χ0) is 22.3. The van der Waals surface area contributed by atoms with Crippen LogP contribution in [0.25, 0.3) is 6.08 Å². The third kappa shape index (κ3) is 7.19. The summed E-state index contributed by atoms with van der Waals surface area (Å²) < 4.78 is 10.8. The number of nitrogens with zero attached hydrogens (tertiary/aromatic N) is 1. The van der Waals surface area contributed by atoms with Gasteiger partial charge in [-0.2, -0.15) is 0 Å². The average molecular weight is 416 g/mol. The van der Waals surface area contributed by atoms with Crippen molar-refractivity contribution in [1.29, 1.82) is 0 Å². The number of aryl methyl sites for hydroxylation is 2. The number of benzene rings is 1. The van der Waals surface area contributed by atoms with Crippen molar-refractivity contribution < 1.29 is 19.1 Å². The lowest BCUT2D eigenvalue weighted by Gasteiger charge is -2.32. The van der Waals surface area contributed by atoms with Gasteiger partial charge in [0.25, 0.3) is 0 Å². The molecule has 1 fully saturated rings. The minimum Gasteiger partial charge on any atom is -0.462 e. The molecule has 1 saturated heterocycles. The van der Waals surface area contributed by atoms with E-state index in [0.717, 1.165) is 42.4 Å². The molecule has 0 aromatic heterocycles. The Hall–Kier alpha value is -2.30. The van der Waals surface area contributed by atoms with E-state index < -0.39 is 5.60 Å². The number of carbonyl (C=O) groups excluding carboxylic acids is 2. The first-order valence-electron chi connectivity index (χ1n) is 11.0. The molecule has 1 aliphatic heterocycles. The SMILES string of the molecule is CCCCOC(=O)c1cc(C)c(C=CC2CCN(C(=O)OC(C)(C)C)CC2)c(C)c1. The highest BCUT2D eigenvalue weighted by Gasteiger charge is 2.26. The van der Waals surface area contributed by atoms with Crippen LogP contribution in [0.5, 0.6) is 0 Å². The largest absolute Gasteiger partial charge is 0.462 e. The van der Waals surface area contributed by atoms with Crippen LogP contribution >= 0.6 is 0 Å². The Morgan fingerprint density at radius 1 is 1.13 bits per heavy atom. The van der Waals surface area contributed by atoms with Gasteiger partial charge in [0.15, 0.2) is 0 Å². The molecule has 0 N–H and O–H groups in total. The highest BCUT2D eigenvalue weighted by Crippen LogP contribution is 2.24. The van der Waals surface area contributed by atoms with E-state index in [1.54, 1.807) is 4.90 Å². The molecule has 0 bridgehead atoms. The van der Waals surface area contributed by atoms with Gasteiger partial charge in [0.2, 0.25) is 0 Å². The van der Waals surface area contributed by atoms with Gasteiger partial charge in [0.05, 0.1) is 12.2 Å². The Labute approximate surface area is 181 Å². The van der Waals surface area contributed by atoms with E-state index in [4.69, 9.17) is 9.47 Å². The molecule has 0 spiro atoms. The van der Waals surface area contributed by atoms with E-state index in [0.29, 0.717) is 31.2 Å². The van der Waals surface area contributed by atoms with Crippen molar-refractivity contribution in [2.45, 2.75) is 72.8 Å². The van der Waals surface area contributed by atoms with Crippen LogP contribution in [0, 0.1) is 19.8 Å². The molecule has 5 heteroatoms. The van der Waals surface area contributed by atoms with Crippen molar-refractivity contribution in [2.75, 3.05) is 19.7 Å². The summed E-state index contributed by atoms with van der Waals surface area (Å²) in [6.07, 6.45) is 7.91. The first kappa shape index (κ1) is 24.0. The smallest absolute Gasteiger partial charge is 0.410 e. The Kier molecular flexibility index (Phi) is 8.51. The van der Waals surface area contributed by atoms with Gasteiger partial charge in [0, 0.05) is 13.1 Å². The van der Waals surface area contributed by atoms with Crippen LogP contribution in [0.3, 0.4) is 0 Å². The third-order valence-electron chi connectivity index (χ3n) is 5.29. The maximum Gasteiger partial charge on any atom is 0.410 e. The Balaban J connectivity index is 1.95. The molecule has 166 valence electrons. The molecule has 1 heterocycles. The molecule has 0 radical (unpaired) electrons. The zero-order valence-corrected chi connectivity index (χ0v) is 19.4. The summed E-state index contributed by atoms with van der Waals surface area (Å²) in [7, 11) is 0. The molecule has 30 heavy (non-hydrogen) atoms. The Morgan fingerprint density at radius 2 is 1.73 bits per heavy atom. The van der Waals surface area contributed by atoms with E-state index in [1.807, 2.05) is 46.8 Å². The predicted molar refractivity (Wildman–Crippen MR) is 121 cm³/mol. The lowest BCUT2D eigenvalue weighted by molar-refractivity contribution is 0.0197. The van der Waals surface area contributed by atoms with E-state index in [1.165, 1.54) is 0 Å². The van der Waals surface area contributed by atoms with Crippen molar-refractivity contribution in [1.82, 2.24) is 4.90 Å². The summed E-state index contributed by atoms with van der Waals surface area (Å²) in [4.78, 5) is 26.2. The standard InChI is InChI=1S/C25H37NO4/c1-7-8-15-29-23(27)21-16-18(2)22(19(3)17-21)10-9-20-11-13-26(14-12-20)24(28)30-25(4,5)6/h9-10,16-17,20H,7-8,11-15H2,1-6H3. The van der Waals surface area contributed by atoms with Crippen LogP contribution < -0.4 is 0 Å². The van der Waals surface area contributed by atoms with E-state index >= 15 is 0 Å². The van der Waals surface area contributed by atoms with Crippen molar-refractivity contribution >= 4 is 18.1 Å². The normalized spacial score (nSPS) is 15.5. The molecule has 5 nitrogen and oxygen atoms in total. The monoisotopic (exact) mass is 415 g/mol. The van der Waals surface area contributed by atoms with Crippen LogP contribution in [0.15, 0.2) is 18.2 Å². The number of carbonyl (C=O) groups is 2. The fourth-order valence-corrected chi connectivity index (χ4v) is 3.58. The van der Waals surface area contributed by atoms with Crippen LogP contribution in [0.2, 0.25) is 0 Å². The van der Waals surface area contributed by atoms with Gasteiger partial charge in [-0.05, 0) is 88.6 Å². The van der Waals surface area contributed by atoms with Gasteiger partial charge in [-0.3, -0.25) is 0 Å². The Bertz CT molecular complexity index is 745. The van der Waals surface area contributed by atoms with Crippen molar-refractivity contribution in [2.24, 2.45) is 5.92 Å². The van der Waals surface area contributed by atoms with Gasteiger partial charge in [-0.15, -0.1) is 0 Å². The molecule has 1 aromatic carbocycles. The number of piperidine rings is 1. The van der Waals surface area contributed by atoms with Gasteiger partial charge < -0.3 is 14.4 Å². The second-order valence-corrected chi connectivity index (χ2v) is 9.18. The van der Waals surface area contributed by atoms with Gasteiger partial charge >= 0.3 is 12.1 Å². The van der Waals surface area contributed by atoms with Gasteiger partial charge in [0.1, 0.15) is 5.60 Å². The molecule has 1 aromatic rings. The molecule has 1 amide bonds. The van der Waals surface area contributed by atoms with Crippen molar-refractivity contribution in [3.63, 3.8) is 0 Å². The number of rotatable bonds is 6. The summed E-state index contributed by atoms with van der Waals surface area (Å²) in [5, 5.41) is 0. The summed E-state index contributed by atoms with van der Waals surface area (Å²) in [6.45, 7) is 13.7. The lowest BCUT2D eigenvalue weighted by Crippen LogP contribution is -2.41. The summed E-state index contributed by atoms with van der Waals surface area (Å²) in [5.74, 6) is 0.181. The number of amides is 1. The first-order valence-corrected chi connectivity index (χ1v) is 11.0. The number of allylic oxidation sites excluding steroid dienone is 1.